The van der Waals surface area contributed by atoms with Crippen LogP contribution in [0.3, 0.4) is 0 Å². The van der Waals surface area contributed by atoms with Crippen LogP contribution in [0.25, 0.3) is 0 Å². The maximum Gasteiger partial charge on any atom is 0.224 e. The van der Waals surface area contributed by atoms with Crippen LogP contribution in [0.15, 0.2) is 0 Å². The molecule has 0 rings (SSSR count). The van der Waals surface area contributed by atoms with Crippen molar-refractivity contribution >= 4 is 23.1 Å². The van der Waals surface area contributed by atoms with Crippen molar-refractivity contribution in [2.75, 3.05) is 13.2 Å². The fourth-order valence-corrected chi connectivity index (χ4v) is 1.93. The molecule has 0 fully saturated rings. The number of hydrogen-bond donors (Lipinski definition) is 0. The minimum absolute atomic E-state index is 0.356. The molecule has 19 heavy (non-hydrogen) atoms. The van der Waals surface area contributed by atoms with Gasteiger partial charge in [0.05, 0.1) is 14.5 Å². The Hall–Kier alpha value is 0.115. The maximum absolute atomic E-state index is 6.30. The third-order valence-corrected chi connectivity index (χ3v) is 3.48. The van der Waals surface area contributed by atoms with E-state index in [0.29, 0.717) is 12.5 Å². The first-order valence-corrected chi connectivity index (χ1v) is 7.68. The zero-order valence-corrected chi connectivity index (χ0v) is 13.3. The van der Waals surface area contributed by atoms with Crippen LogP contribution >= 0.6 is 0 Å². The molecule has 0 aromatic heterocycles. The van der Waals surface area contributed by atoms with E-state index in [4.69, 9.17) is 20.7 Å². The van der Waals surface area contributed by atoms with Gasteiger partial charge in [0.25, 0.3) is 0 Å². The van der Waals surface area contributed by atoms with Crippen LogP contribution in [0.5, 0.6) is 0 Å². The average Bonchev–Trinajstić information content (AvgIpc) is 2.36. The zero-order valence-electron chi connectivity index (χ0n) is 13.3. The fraction of sp³-hybridized carbons (Fsp3) is 1.00. The Morgan fingerprint density at radius 1 is 1.26 bits per heavy atom. The van der Waals surface area contributed by atoms with E-state index in [2.05, 4.69) is 20.8 Å². The van der Waals surface area contributed by atoms with Crippen LogP contribution in [0.4, 0.5) is 0 Å². The minimum Gasteiger partial charge on any atom is -0.313 e. The van der Waals surface area contributed by atoms with Gasteiger partial charge in [-0.15, -0.1) is 0 Å². The first-order chi connectivity index (χ1) is 8.93. The van der Waals surface area contributed by atoms with Gasteiger partial charge < -0.3 is 4.84 Å². The molecule has 0 heterocycles. The van der Waals surface area contributed by atoms with Gasteiger partial charge in [-0.2, -0.15) is 0 Å². The highest BCUT2D eigenvalue weighted by molar-refractivity contribution is 6.52. The highest BCUT2D eigenvalue weighted by atomic mass is 16.7. The summed E-state index contributed by atoms with van der Waals surface area (Å²) in [6.45, 7) is 9.84. The summed E-state index contributed by atoms with van der Waals surface area (Å²) in [5, 5.41) is -0.356. The first kappa shape index (κ1) is 19.1. The Morgan fingerprint density at radius 2 is 1.95 bits per heavy atom. The molecule has 0 saturated heterocycles. The summed E-state index contributed by atoms with van der Waals surface area (Å²) in [5.74, 6) is 0.708. The zero-order chi connectivity index (χ0) is 14.7. The molecule has 2 nitrogen and oxygen atoms in total. The Kier molecular flexibility index (Phi) is 10.9. The molecule has 0 amide bonds. The number of hydrogen-bond acceptors (Lipinski definition) is 2. The monoisotopic (exact) mass is 260 g/mol. The van der Waals surface area contributed by atoms with E-state index >= 15 is 0 Å². The fourth-order valence-electron chi connectivity index (χ4n) is 1.93. The molecule has 0 bridgehead atoms. The highest BCUT2D eigenvalue weighted by Gasteiger charge is 2.22. The van der Waals surface area contributed by atoms with Crippen molar-refractivity contribution in [2.24, 2.45) is 5.92 Å². The summed E-state index contributed by atoms with van der Waals surface area (Å²) < 4.78 is 0. The predicted molar refractivity (Wildman–Crippen MR) is 86.7 cm³/mol. The van der Waals surface area contributed by atoms with Crippen molar-refractivity contribution in [3.8, 4) is 0 Å². The van der Waals surface area contributed by atoms with Crippen molar-refractivity contribution < 1.29 is 4.84 Å². The highest BCUT2D eigenvalue weighted by Crippen LogP contribution is 2.28. The van der Waals surface area contributed by atoms with Crippen LogP contribution in [-0.4, -0.2) is 41.2 Å². The molecule has 1 unspecified atom stereocenters. The second kappa shape index (κ2) is 10.8. The number of nitrogens with zero attached hydrogens (tertiary/aromatic N) is 1. The Bertz CT molecular complexity index is 217. The molecular formula is C14H29B3NO. The molecule has 105 valence electrons. The number of unbranched alkanes of at least 4 members (excludes halogenated alkanes) is 2. The summed E-state index contributed by atoms with van der Waals surface area (Å²) >= 11 is 0. The largest absolute Gasteiger partial charge is 0.313 e. The standard InChI is InChI=1S/C14H29B3NO/c1-5-6-7-10-14(15,17-4)12-19-18(16)11-8-9-13(2)3/h13H,5-12H2,1-4H3. The quantitative estimate of drug-likeness (QED) is 0.303. The van der Waals surface area contributed by atoms with Crippen LogP contribution in [0.2, 0.25) is 12.0 Å². The van der Waals surface area contributed by atoms with Crippen molar-refractivity contribution in [1.82, 2.24) is 4.97 Å². The smallest absolute Gasteiger partial charge is 0.224 e. The Balaban J connectivity index is 3.84. The molecule has 0 aliphatic heterocycles. The normalized spacial score (nSPS) is 14.8. The Morgan fingerprint density at radius 3 is 2.47 bits per heavy atom. The van der Waals surface area contributed by atoms with Crippen molar-refractivity contribution in [2.45, 2.75) is 71.3 Å². The second-order valence-corrected chi connectivity index (χ2v) is 5.93. The van der Waals surface area contributed by atoms with Gasteiger partial charge >= 0.3 is 0 Å². The Labute approximate surface area is 124 Å². The van der Waals surface area contributed by atoms with Gasteiger partial charge in [-0.1, -0.05) is 58.5 Å². The molecule has 5 heteroatoms. The van der Waals surface area contributed by atoms with Gasteiger partial charge in [-0.25, -0.2) is 4.97 Å². The third kappa shape index (κ3) is 10.6. The van der Waals surface area contributed by atoms with Gasteiger partial charge in [0.2, 0.25) is 7.98 Å². The lowest BCUT2D eigenvalue weighted by Crippen LogP contribution is -2.31. The van der Waals surface area contributed by atoms with Crippen molar-refractivity contribution in [1.29, 1.82) is 0 Å². The van der Waals surface area contributed by atoms with Crippen molar-refractivity contribution in [3.63, 3.8) is 0 Å². The molecule has 0 N–H and O–H groups in total. The lowest BCUT2D eigenvalue weighted by Gasteiger charge is -2.31. The van der Waals surface area contributed by atoms with E-state index in [9.17, 15) is 0 Å². The van der Waals surface area contributed by atoms with Crippen LogP contribution < -0.4 is 0 Å². The van der Waals surface area contributed by atoms with E-state index in [-0.39, 0.29) is 5.21 Å². The number of rotatable bonds is 12. The second-order valence-electron chi connectivity index (χ2n) is 5.93. The molecule has 0 spiro atoms. The third-order valence-electron chi connectivity index (χ3n) is 3.48. The maximum atomic E-state index is 6.30. The molecule has 0 saturated carbocycles. The van der Waals surface area contributed by atoms with Gasteiger partial charge in [-0.3, -0.25) is 0 Å². The summed E-state index contributed by atoms with van der Waals surface area (Å²) in [6, 6.07) is 0. The minimum atomic E-state index is -0.356. The van der Waals surface area contributed by atoms with Gasteiger partial charge in [0.1, 0.15) is 7.28 Å². The lowest BCUT2D eigenvalue weighted by molar-refractivity contribution is -0.0906. The average molecular weight is 260 g/mol. The van der Waals surface area contributed by atoms with E-state index in [1.165, 1.54) is 24.2 Å². The molecule has 0 aliphatic rings. The molecular weight excluding hydrogens is 231 g/mol. The first-order valence-electron chi connectivity index (χ1n) is 7.68. The SMILES string of the molecule is [B]N(CCCC(C)C)OCC([B])([B]C)CCCCC. The van der Waals surface area contributed by atoms with Crippen LogP contribution in [-0.2, 0) is 4.84 Å². The van der Waals surface area contributed by atoms with E-state index < -0.39 is 0 Å². The molecule has 0 aliphatic carbocycles. The lowest BCUT2D eigenvalue weighted by atomic mass is 9.42. The summed E-state index contributed by atoms with van der Waals surface area (Å²) in [6.07, 6.45) is 6.74. The van der Waals surface area contributed by atoms with E-state index in [0.717, 1.165) is 25.8 Å². The molecule has 0 aromatic rings. The predicted octanol–water partition coefficient (Wildman–Crippen LogP) is 3.36. The number of hydroxylamine groups is 1. The van der Waals surface area contributed by atoms with E-state index in [1.54, 1.807) is 0 Å². The van der Waals surface area contributed by atoms with Crippen LogP contribution in [0, 0.1) is 5.92 Å². The molecule has 5 radical (unpaired) electrons. The summed E-state index contributed by atoms with van der Waals surface area (Å²) in [7, 11) is 14.2. The van der Waals surface area contributed by atoms with Gasteiger partial charge in [0, 0.05) is 6.54 Å². The molecule has 1 atom stereocenters. The summed E-state index contributed by atoms with van der Waals surface area (Å²) in [4.78, 5) is 7.00. The molecule has 0 aromatic carbocycles. The van der Waals surface area contributed by atoms with E-state index in [1.807, 2.05) is 14.1 Å². The van der Waals surface area contributed by atoms with Gasteiger partial charge in [0.15, 0.2) is 0 Å². The summed E-state index contributed by atoms with van der Waals surface area (Å²) in [5.41, 5.74) is 0. The van der Waals surface area contributed by atoms with Gasteiger partial charge in [-0.05, 0) is 18.8 Å². The van der Waals surface area contributed by atoms with Crippen molar-refractivity contribution in [3.05, 3.63) is 0 Å². The topological polar surface area (TPSA) is 12.5 Å². The van der Waals surface area contributed by atoms with Crippen LogP contribution in [0.1, 0.15) is 59.3 Å².